The summed E-state index contributed by atoms with van der Waals surface area (Å²) in [5, 5.41) is 2.70. The highest BCUT2D eigenvalue weighted by Crippen LogP contribution is 2.12. The molecule has 0 heterocycles. The molecule has 0 saturated heterocycles. The predicted molar refractivity (Wildman–Crippen MR) is 77.6 cm³/mol. The third-order valence-electron chi connectivity index (χ3n) is 2.87. The quantitative estimate of drug-likeness (QED) is 0.691. The topological polar surface area (TPSA) is 72.5 Å². The Bertz CT molecular complexity index is 660. The van der Waals surface area contributed by atoms with Crippen molar-refractivity contribution in [2.24, 2.45) is 0 Å². The molecule has 2 rings (SSSR count). The molecule has 21 heavy (non-hydrogen) atoms. The number of hydrogen-bond donors (Lipinski definition) is 1. The standard InChI is InChI=1S/C16H13NO4/c1-21-16(20)13-6-8-14(9-7-13)17-15(19)12-4-2-11(10-18)3-5-12/h2-10H,1H3,(H,17,19). The Morgan fingerprint density at radius 3 is 2.05 bits per heavy atom. The lowest BCUT2D eigenvalue weighted by Gasteiger charge is -2.06. The number of methoxy groups -OCH3 is 1. The lowest BCUT2D eigenvalue weighted by atomic mass is 10.1. The number of ether oxygens (including phenoxy) is 1. The largest absolute Gasteiger partial charge is 0.465 e. The molecule has 2 aromatic rings. The molecule has 5 heteroatoms. The molecule has 0 radical (unpaired) electrons. The summed E-state index contributed by atoms with van der Waals surface area (Å²) in [5.41, 5.74) is 1.92. The average Bonchev–Trinajstić information content (AvgIpc) is 2.55. The van der Waals surface area contributed by atoms with E-state index in [-0.39, 0.29) is 5.91 Å². The number of amides is 1. The molecule has 0 aliphatic heterocycles. The highest BCUT2D eigenvalue weighted by atomic mass is 16.5. The first-order valence-corrected chi connectivity index (χ1v) is 6.19. The lowest BCUT2D eigenvalue weighted by Crippen LogP contribution is -2.12. The summed E-state index contributed by atoms with van der Waals surface area (Å²) < 4.78 is 4.59. The van der Waals surface area contributed by atoms with E-state index < -0.39 is 5.97 Å². The minimum Gasteiger partial charge on any atom is -0.465 e. The number of aldehydes is 1. The van der Waals surface area contributed by atoms with Gasteiger partial charge in [0, 0.05) is 16.8 Å². The van der Waals surface area contributed by atoms with Gasteiger partial charge in [-0.05, 0) is 36.4 Å². The second-order valence-corrected chi connectivity index (χ2v) is 4.26. The van der Waals surface area contributed by atoms with Crippen molar-refractivity contribution in [3.05, 3.63) is 65.2 Å². The van der Waals surface area contributed by atoms with Gasteiger partial charge in [0.25, 0.3) is 5.91 Å². The maximum atomic E-state index is 12.0. The molecule has 0 atom stereocenters. The maximum absolute atomic E-state index is 12.0. The third-order valence-corrected chi connectivity index (χ3v) is 2.87. The van der Waals surface area contributed by atoms with E-state index in [0.29, 0.717) is 28.7 Å². The van der Waals surface area contributed by atoms with E-state index in [0.717, 1.165) is 0 Å². The van der Waals surface area contributed by atoms with Crippen LogP contribution in [0.15, 0.2) is 48.5 Å². The van der Waals surface area contributed by atoms with E-state index in [2.05, 4.69) is 10.1 Å². The molecule has 1 amide bonds. The molecule has 0 fully saturated rings. The molecular formula is C16H13NO4. The van der Waals surface area contributed by atoms with Crippen molar-refractivity contribution in [3.63, 3.8) is 0 Å². The Balaban J connectivity index is 2.08. The molecule has 106 valence electrons. The molecule has 0 bridgehead atoms. The van der Waals surface area contributed by atoms with E-state index in [9.17, 15) is 14.4 Å². The monoisotopic (exact) mass is 283 g/mol. The predicted octanol–water partition coefficient (Wildman–Crippen LogP) is 2.54. The smallest absolute Gasteiger partial charge is 0.337 e. The SMILES string of the molecule is COC(=O)c1ccc(NC(=O)c2ccc(C=O)cc2)cc1. The number of esters is 1. The Kier molecular flexibility index (Phi) is 4.46. The Morgan fingerprint density at radius 2 is 1.52 bits per heavy atom. The van der Waals surface area contributed by atoms with E-state index in [1.54, 1.807) is 48.5 Å². The molecular weight excluding hydrogens is 270 g/mol. The number of anilines is 1. The van der Waals surface area contributed by atoms with Gasteiger partial charge in [-0.2, -0.15) is 0 Å². The van der Waals surface area contributed by atoms with Crippen molar-refractivity contribution >= 4 is 23.9 Å². The fourth-order valence-electron chi connectivity index (χ4n) is 1.72. The summed E-state index contributed by atoms with van der Waals surface area (Å²) >= 11 is 0. The zero-order valence-corrected chi connectivity index (χ0v) is 11.3. The van der Waals surface area contributed by atoms with Gasteiger partial charge in [-0.3, -0.25) is 9.59 Å². The van der Waals surface area contributed by atoms with Crippen molar-refractivity contribution in [3.8, 4) is 0 Å². The number of rotatable bonds is 4. The van der Waals surface area contributed by atoms with Crippen LogP contribution < -0.4 is 5.32 Å². The second-order valence-electron chi connectivity index (χ2n) is 4.26. The zero-order valence-electron chi connectivity index (χ0n) is 11.3. The summed E-state index contributed by atoms with van der Waals surface area (Å²) in [5.74, 6) is -0.726. The fourth-order valence-corrected chi connectivity index (χ4v) is 1.72. The fraction of sp³-hybridized carbons (Fsp3) is 0.0625. The van der Waals surface area contributed by atoms with E-state index in [1.807, 2.05) is 0 Å². The van der Waals surface area contributed by atoms with Crippen LogP contribution in [0.1, 0.15) is 31.1 Å². The van der Waals surface area contributed by atoms with Gasteiger partial charge in [0.1, 0.15) is 6.29 Å². The van der Waals surface area contributed by atoms with Crippen molar-refractivity contribution in [2.45, 2.75) is 0 Å². The summed E-state index contributed by atoms with van der Waals surface area (Å²) in [4.78, 5) is 33.8. The number of hydrogen-bond acceptors (Lipinski definition) is 4. The van der Waals surface area contributed by atoms with Crippen LogP contribution in [-0.2, 0) is 4.74 Å². The molecule has 0 saturated carbocycles. The maximum Gasteiger partial charge on any atom is 0.337 e. The first kappa shape index (κ1) is 14.5. The molecule has 2 aromatic carbocycles. The summed E-state index contributed by atoms with van der Waals surface area (Å²) in [6, 6.07) is 12.6. The second kappa shape index (κ2) is 6.47. The van der Waals surface area contributed by atoms with Crippen molar-refractivity contribution in [2.75, 3.05) is 12.4 Å². The van der Waals surface area contributed by atoms with Gasteiger partial charge < -0.3 is 10.1 Å². The van der Waals surface area contributed by atoms with Crippen LogP contribution in [0.25, 0.3) is 0 Å². The van der Waals surface area contributed by atoms with Crippen LogP contribution >= 0.6 is 0 Å². The molecule has 0 aromatic heterocycles. The van der Waals surface area contributed by atoms with Gasteiger partial charge in [-0.15, -0.1) is 0 Å². The lowest BCUT2D eigenvalue weighted by molar-refractivity contribution is 0.0600. The van der Waals surface area contributed by atoms with Crippen LogP contribution in [0, 0.1) is 0 Å². The van der Waals surface area contributed by atoms with Gasteiger partial charge in [0.15, 0.2) is 0 Å². The number of carbonyl (C=O) groups excluding carboxylic acids is 3. The number of benzene rings is 2. The average molecular weight is 283 g/mol. The molecule has 0 spiro atoms. The summed E-state index contributed by atoms with van der Waals surface area (Å²) in [6.45, 7) is 0. The third kappa shape index (κ3) is 3.54. The molecule has 0 aliphatic rings. The highest BCUT2D eigenvalue weighted by molar-refractivity contribution is 6.04. The van der Waals surface area contributed by atoms with Crippen LogP contribution in [-0.4, -0.2) is 25.3 Å². The number of carbonyl (C=O) groups is 3. The first-order valence-electron chi connectivity index (χ1n) is 6.19. The van der Waals surface area contributed by atoms with Crippen molar-refractivity contribution < 1.29 is 19.1 Å². The van der Waals surface area contributed by atoms with E-state index >= 15 is 0 Å². The minimum absolute atomic E-state index is 0.293. The van der Waals surface area contributed by atoms with E-state index in [4.69, 9.17) is 0 Å². The van der Waals surface area contributed by atoms with Gasteiger partial charge in [0.2, 0.25) is 0 Å². The van der Waals surface area contributed by atoms with Gasteiger partial charge in [-0.1, -0.05) is 12.1 Å². The van der Waals surface area contributed by atoms with Crippen LogP contribution in [0.4, 0.5) is 5.69 Å². The summed E-state index contributed by atoms with van der Waals surface area (Å²) in [7, 11) is 1.31. The van der Waals surface area contributed by atoms with E-state index in [1.165, 1.54) is 7.11 Å². The minimum atomic E-state index is -0.433. The summed E-state index contributed by atoms with van der Waals surface area (Å²) in [6.07, 6.45) is 0.715. The van der Waals surface area contributed by atoms with Crippen molar-refractivity contribution in [1.29, 1.82) is 0 Å². The van der Waals surface area contributed by atoms with Gasteiger partial charge in [0.05, 0.1) is 12.7 Å². The highest BCUT2D eigenvalue weighted by Gasteiger charge is 2.08. The zero-order chi connectivity index (χ0) is 15.2. The normalized spacial score (nSPS) is 9.76. The first-order chi connectivity index (χ1) is 10.1. The number of nitrogens with one attached hydrogen (secondary N) is 1. The molecule has 1 N–H and O–H groups in total. The van der Waals surface area contributed by atoms with Gasteiger partial charge in [-0.25, -0.2) is 4.79 Å². The van der Waals surface area contributed by atoms with Crippen LogP contribution in [0.2, 0.25) is 0 Å². The Morgan fingerprint density at radius 1 is 0.952 bits per heavy atom. The van der Waals surface area contributed by atoms with Crippen LogP contribution in [0.3, 0.4) is 0 Å². The Hall–Kier alpha value is -2.95. The molecule has 0 unspecified atom stereocenters. The van der Waals surface area contributed by atoms with Crippen molar-refractivity contribution in [1.82, 2.24) is 0 Å². The molecule has 0 aliphatic carbocycles. The van der Waals surface area contributed by atoms with Crippen LogP contribution in [0.5, 0.6) is 0 Å². The molecule has 5 nitrogen and oxygen atoms in total. The van der Waals surface area contributed by atoms with Gasteiger partial charge >= 0.3 is 5.97 Å². The Labute approximate surface area is 121 Å².